The molecule has 1 aromatic rings. The fourth-order valence-corrected chi connectivity index (χ4v) is 4.06. The average Bonchev–Trinajstić information content (AvgIpc) is 3.04. The van der Waals surface area contributed by atoms with E-state index in [0.717, 1.165) is 12.0 Å². The molecule has 1 aromatic carbocycles. The van der Waals surface area contributed by atoms with Crippen molar-refractivity contribution in [2.75, 3.05) is 19.6 Å². The van der Waals surface area contributed by atoms with Crippen molar-refractivity contribution in [3.05, 3.63) is 34.9 Å². The van der Waals surface area contributed by atoms with E-state index in [2.05, 4.69) is 49.2 Å². The normalized spacial score (nSPS) is 26.1. The molecule has 0 spiro atoms. The number of hydrogen-bond donors (Lipinski definition) is 1. The Labute approximate surface area is 129 Å². The Morgan fingerprint density at radius 3 is 2.48 bits per heavy atom. The summed E-state index contributed by atoms with van der Waals surface area (Å²) in [7, 11) is 0. The van der Waals surface area contributed by atoms with E-state index in [0.29, 0.717) is 6.04 Å². The highest BCUT2D eigenvalue weighted by molar-refractivity contribution is 5.31. The van der Waals surface area contributed by atoms with E-state index in [9.17, 15) is 0 Å². The fraction of sp³-hybridized carbons (Fsp3) is 0.684. The largest absolute Gasteiger partial charge is 0.314 e. The lowest BCUT2D eigenvalue weighted by Gasteiger charge is -2.38. The molecule has 2 nitrogen and oxygen atoms in total. The molecule has 3 rings (SSSR count). The van der Waals surface area contributed by atoms with Crippen LogP contribution in [-0.2, 0) is 0 Å². The first kappa shape index (κ1) is 15.1. The summed E-state index contributed by atoms with van der Waals surface area (Å²) < 4.78 is 0. The maximum atomic E-state index is 3.70. The van der Waals surface area contributed by atoms with Gasteiger partial charge in [0.15, 0.2) is 0 Å². The summed E-state index contributed by atoms with van der Waals surface area (Å²) in [4.78, 5) is 2.68. The topological polar surface area (TPSA) is 15.3 Å². The van der Waals surface area contributed by atoms with E-state index in [-0.39, 0.29) is 0 Å². The molecule has 21 heavy (non-hydrogen) atoms. The summed E-state index contributed by atoms with van der Waals surface area (Å²) in [6.45, 7) is 10.6. The van der Waals surface area contributed by atoms with Crippen LogP contribution < -0.4 is 5.32 Å². The maximum absolute atomic E-state index is 3.70. The van der Waals surface area contributed by atoms with E-state index in [4.69, 9.17) is 0 Å². The van der Waals surface area contributed by atoms with E-state index >= 15 is 0 Å². The highest BCUT2D eigenvalue weighted by Gasteiger charge is 2.30. The molecule has 0 saturated carbocycles. The Balaban J connectivity index is 1.59. The zero-order chi connectivity index (χ0) is 14.8. The molecule has 0 aromatic heterocycles. The molecular weight excluding hydrogens is 256 g/mol. The van der Waals surface area contributed by atoms with Gasteiger partial charge in [-0.1, -0.05) is 18.2 Å². The van der Waals surface area contributed by atoms with Crippen LogP contribution in [0.15, 0.2) is 18.2 Å². The third-order valence-corrected chi connectivity index (χ3v) is 5.80. The lowest BCUT2D eigenvalue weighted by atomic mass is 9.87. The van der Waals surface area contributed by atoms with Crippen LogP contribution in [0.1, 0.15) is 55.3 Å². The molecule has 2 aliphatic heterocycles. The standard InChI is InChI=1S/C19H30N2/c1-14-6-7-18(13-15(14)2)16(3)21-11-8-17(9-12-21)19-5-4-10-20-19/h6-7,13,16-17,19-20H,4-5,8-12H2,1-3H3. The number of hydrogen-bond acceptors (Lipinski definition) is 2. The van der Waals surface area contributed by atoms with Crippen LogP contribution in [0.2, 0.25) is 0 Å². The summed E-state index contributed by atoms with van der Waals surface area (Å²) in [6, 6.07) is 8.34. The molecule has 2 aliphatic rings. The van der Waals surface area contributed by atoms with Gasteiger partial charge in [0.05, 0.1) is 0 Å². The van der Waals surface area contributed by atoms with Crippen molar-refractivity contribution in [2.45, 2.75) is 58.5 Å². The minimum atomic E-state index is 0.557. The second-order valence-electron chi connectivity index (χ2n) is 7.10. The van der Waals surface area contributed by atoms with Crippen molar-refractivity contribution in [3.8, 4) is 0 Å². The number of likely N-dealkylation sites (tertiary alicyclic amines) is 1. The predicted octanol–water partition coefficient (Wildman–Crippen LogP) is 3.83. The van der Waals surface area contributed by atoms with Gasteiger partial charge < -0.3 is 5.32 Å². The molecule has 2 fully saturated rings. The maximum Gasteiger partial charge on any atom is 0.0319 e. The third-order valence-electron chi connectivity index (χ3n) is 5.80. The molecule has 1 N–H and O–H groups in total. The van der Waals surface area contributed by atoms with Gasteiger partial charge in [0.2, 0.25) is 0 Å². The Hall–Kier alpha value is -0.860. The number of benzene rings is 1. The zero-order valence-corrected chi connectivity index (χ0v) is 13.9. The van der Waals surface area contributed by atoms with Crippen LogP contribution in [0.4, 0.5) is 0 Å². The van der Waals surface area contributed by atoms with Gasteiger partial charge >= 0.3 is 0 Å². The van der Waals surface area contributed by atoms with Crippen LogP contribution in [0.5, 0.6) is 0 Å². The summed E-state index contributed by atoms with van der Waals surface area (Å²) in [5.41, 5.74) is 4.30. The second kappa shape index (κ2) is 6.50. The Kier molecular flexibility index (Phi) is 4.66. The lowest BCUT2D eigenvalue weighted by molar-refractivity contribution is 0.126. The molecule has 0 amide bonds. The van der Waals surface area contributed by atoms with Crippen molar-refractivity contribution in [2.24, 2.45) is 5.92 Å². The van der Waals surface area contributed by atoms with Crippen molar-refractivity contribution >= 4 is 0 Å². The summed E-state index contributed by atoms with van der Waals surface area (Å²) in [6.07, 6.45) is 5.51. The Bertz CT molecular complexity index is 468. The molecule has 2 unspecified atom stereocenters. The van der Waals surface area contributed by atoms with Gasteiger partial charge in [0.25, 0.3) is 0 Å². The van der Waals surface area contributed by atoms with Gasteiger partial charge in [0, 0.05) is 12.1 Å². The van der Waals surface area contributed by atoms with Gasteiger partial charge in [-0.2, -0.15) is 0 Å². The van der Waals surface area contributed by atoms with Crippen molar-refractivity contribution in [3.63, 3.8) is 0 Å². The van der Waals surface area contributed by atoms with Gasteiger partial charge in [-0.05, 0) is 88.7 Å². The van der Waals surface area contributed by atoms with Crippen LogP contribution >= 0.6 is 0 Å². The number of nitrogens with zero attached hydrogens (tertiary/aromatic N) is 1. The van der Waals surface area contributed by atoms with E-state index < -0.39 is 0 Å². The Morgan fingerprint density at radius 2 is 1.86 bits per heavy atom. The fourth-order valence-electron chi connectivity index (χ4n) is 4.06. The van der Waals surface area contributed by atoms with Gasteiger partial charge in [-0.3, -0.25) is 4.90 Å². The first-order chi connectivity index (χ1) is 10.1. The van der Waals surface area contributed by atoms with Crippen molar-refractivity contribution in [1.82, 2.24) is 10.2 Å². The molecule has 2 atom stereocenters. The number of piperidine rings is 1. The minimum Gasteiger partial charge on any atom is -0.314 e. The van der Waals surface area contributed by atoms with Crippen molar-refractivity contribution < 1.29 is 0 Å². The average molecular weight is 286 g/mol. The van der Waals surface area contributed by atoms with E-state index in [1.54, 1.807) is 0 Å². The number of aryl methyl sites for hydroxylation is 2. The van der Waals surface area contributed by atoms with E-state index in [1.807, 2.05) is 0 Å². The molecule has 0 aliphatic carbocycles. The highest BCUT2D eigenvalue weighted by Crippen LogP contribution is 2.30. The smallest absolute Gasteiger partial charge is 0.0319 e. The number of rotatable bonds is 3. The highest BCUT2D eigenvalue weighted by atomic mass is 15.2. The Morgan fingerprint density at radius 1 is 1.10 bits per heavy atom. The zero-order valence-electron chi connectivity index (χ0n) is 13.9. The van der Waals surface area contributed by atoms with Crippen LogP contribution in [0.3, 0.4) is 0 Å². The first-order valence-electron chi connectivity index (χ1n) is 8.70. The van der Waals surface area contributed by atoms with Gasteiger partial charge in [0.1, 0.15) is 0 Å². The molecular formula is C19H30N2. The summed E-state index contributed by atoms with van der Waals surface area (Å²) in [5.74, 6) is 0.913. The molecule has 2 heterocycles. The van der Waals surface area contributed by atoms with Crippen LogP contribution in [0, 0.1) is 19.8 Å². The predicted molar refractivity (Wildman–Crippen MR) is 89.7 cm³/mol. The molecule has 0 bridgehead atoms. The van der Waals surface area contributed by atoms with Crippen LogP contribution in [0.25, 0.3) is 0 Å². The quantitative estimate of drug-likeness (QED) is 0.908. The number of nitrogens with one attached hydrogen (secondary N) is 1. The second-order valence-corrected chi connectivity index (χ2v) is 7.10. The molecule has 2 saturated heterocycles. The van der Waals surface area contributed by atoms with E-state index in [1.165, 1.54) is 62.0 Å². The monoisotopic (exact) mass is 286 g/mol. The molecule has 116 valence electrons. The van der Waals surface area contributed by atoms with Gasteiger partial charge in [-0.25, -0.2) is 0 Å². The first-order valence-corrected chi connectivity index (χ1v) is 8.70. The van der Waals surface area contributed by atoms with Crippen molar-refractivity contribution in [1.29, 1.82) is 0 Å². The minimum absolute atomic E-state index is 0.557. The van der Waals surface area contributed by atoms with Crippen LogP contribution in [-0.4, -0.2) is 30.6 Å². The molecule has 0 radical (unpaired) electrons. The lowest BCUT2D eigenvalue weighted by Crippen LogP contribution is -2.41. The SMILES string of the molecule is Cc1ccc(C(C)N2CCC(C3CCCN3)CC2)cc1C. The summed E-state index contributed by atoms with van der Waals surface area (Å²) in [5, 5.41) is 3.70. The van der Waals surface area contributed by atoms with Gasteiger partial charge in [-0.15, -0.1) is 0 Å². The molecule has 2 heteroatoms. The summed E-state index contributed by atoms with van der Waals surface area (Å²) >= 11 is 0. The third kappa shape index (κ3) is 3.32.